The van der Waals surface area contributed by atoms with Gasteiger partial charge in [-0.15, -0.1) is 0 Å². The van der Waals surface area contributed by atoms with Crippen LogP contribution in [0.25, 0.3) is 0 Å². The molecule has 0 aliphatic heterocycles. The van der Waals surface area contributed by atoms with Crippen LogP contribution in [0.2, 0.25) is 10.0 Å². The molecule has 21 heavy (non-hydrogen) atoms. The normalized spacial score (nSPS) is 29.0. The summed E-state index contributed by atoms with van der Waals surface area (Å²) in [5.41, 5.74) is -0.936. The number of carbonyl (C=O) groups is 2. The topological polar surface area (TPSA) is 75.6 Å². The van der Waals surface area contributed by atoms with E-state index in [1.54, 1.807) is 12.1 Å². The zero-order valence-electron chi connectivity index (χ0n) is 11.0. The van der Waals surface area contributed by atoms with Crippen molar-refractivity contribution in [2.45, 2.75) is 24.8 Å². The molecule has 1 amide bonds. The minimum atomic E-state index is -0.773. The highest BCUT2D eigenvalue weighted by molar-refractivity contribution is 6.42. The molecule has 1 aromatic carbocycles. The molecule has 0 radical (unpaired) electrons. The predicted octanol–water partition coefficient (Wildman–Crippen LogP) is 2.50. The molecule has 3 aliphatic carbocycles. The summed E-state index contributed by atoms with van der Waals surface area (Å²) >= 11 is 11.6. The Kier molecular flexibility index (Phi) is 3.30. The van der Waals surface area contributed by atoms with Crippen LogP contribution in [0.4, 0.5) is 0 Å². The Morgan fingerprint density at radius 3 is 2.48 bits per heavy atom. The lowest BCUT2D eigenvalue weighted by molar-refractivity contribution is -0.200. The molecule has 2 bridgehead atoms. The van der Waals surface area contributed by atoms with Crippen molar-refractivity contribution in [1.29, 1.82) is 0 Å². The molecule has 3 aliphatic rings. The Morgan fingerprint density at radius 2 is 1.90 bits per heavy atom. The maximum Gasteiger partial charge on any atom is 0.309 e. The molecular formula is C14H13Cl2NO4. The van der Waals surface area contributed by atoms with Crippen LogP contribution >= 0.6 is 23.2 Å². The summed E-state index contributed by atoms with van der Waals surface area (Å²) in [5.74, 6) is -0.579. The molecule has 4 rings (SSSR count). The van der Waals surface area contributed by atoms with Crippen LogP contribution in [0.15, 0.2) is 18.2 Å². The molecule has 112 valence electrons. The molecule has 0 unspecified atom stereocenters. The quantitative estimate of drug-likeness (QED) is 0.870. The Morgan fingerprint density at radius 1 is 1.24 bits per heavy atom. The Hall–Kier alpha value is -1.46. The lowest BCUT2D eigenvalue weighted by Gasteiger charge is -2.67. The van der Waals surface area contributed by atoms with E-state index in [1.165, 1.54) is 6.07 Å². The van der Waals surface area contributed by atoms with Crippen LogP contribution in [0.1, 0.15) is 19.3 Å². The van der Waals surface area contributed by atoms with Crippen LogP contribution in [-0.2, 0) is 9.59 Å². The van der Waals surface area contributed by atoms with Crippen molar-refractivity contribution >= 4 is 35.1 Å². The summed E-state index contributed by atoms with van der Waals surface area (Å²) in [5, 5.41) is 12.6. The molecule has 0 spiro atoms. The fourth-order valence-electron chi connectivity index (χ4n) is 3.19. The number of halogens is 2. The van der Waals surface area contributed by atoms with Crippen molar-refractivity contribution in [1.82, 2.24) is 5.32 Å². The maximum absolute atomic E-state index is 11.8. The van der Waals surface area contributed by atoms with E-state index in [1.807, 2.05) is 0 Å². The molecule has 2 N–H and O–H groups in total. The van der Waals surface area contributed by atoms with Gasteiger partial charge in [-0.05, 0) is 31.4 Å². The lowest BCUT2D eigenvalue weighted by atomic mass is 9.39. The molecule has 0 atom stereocenters. The highest BCUT2D eigenvalue weighted by Crippen LogP contribution is 2.67. The molecule has 0 heterocycles. The van der Waals surface area contributed by atoms with Crippen molar-refractivity contribution in [3.05, 3.63) is 28.2 Å². The fourth-order valence-corrected chi connectivity index (χ4v) is 3.48. The van der Waals surface area contributed by atoms with E-state index in [0.717, 1.165) is 0 Å². The van der Waals surface area contributed by atoms with Gasteiger partial charge in [0.1, 0.15) is 5.75 Å². The third-order valence-electron chi connectivity index (χ3n) is 4.15. The third-order valence-corrected chi connectivity index (χ3v) is 4.89. The number of benzene rings is 1. The minimum Gasteiger partial charge on any atom is -0.484 e. The van der Waals surface area contributed by atoms with Crippen molar-refractivity contribution in [3.8, 4) is 5.75 Å². The van der Waals surface area contributed by atoms with Gasteiger partial charge < -0.3 is 15.2 Å². The second-order valence-electron chi connectivity index (χ2n) is 5.81. The number of carbonyl (C=O) groups excluding carboxylic acids is 1. The third kappa shape index (κ3) is 2.45. The summed E-state index contributed by atoms with van der Waals surface area (Å²) in [6.07, 6.45) is 1.52. The van der Waals surface area contributed by atoms with E-state index in [9.17, 15) is 9.59 Å². The molecule has 0 aromatic heterocycles. The van der Waals surface area contributed by atoms with Crippen molar-refractivity contribution in [2.24, 2.45) is 5.41 Å². The summed E-state index contributed by atoms with van der Waals surface area (Å²) in [6, 6.07) is 4.76. The fraction of sp³-hybridized carbons (Fsp3) is 0.429. The number of hydrogen-bond donors (Lipinski definition) is 2. The molecule has 3 fully saturated rings. The number of amides is 1. The summed E-state index contributed by atoms with van der Waals surface area (Å²) in [6.45, 7) is -0.139. The number of nitrogens with one attached hydrogen (secondary N) is 1. The molecule has 3 saturated carbocycles. The van der Waals surface area contributed by atoms with E-state index in [2.05, 4.69) is 5.32 Å². The van der Waals surface area contributed by atoms with Gasteiger partial charge in [0, 0.05) is 11.6 Å². The van der Waals surface area contributed by atoms with Crippen LogP contribution < -0.4 is 10.1 Å². The largest absolute Gasteiger partial charge is 0.484 e. The van der Waals surface area contributed by atoms with Gasteiger partial charge in [0.15, 0.2) is 6.61 Å². The average Bonchev–Trinajstić information content (AvgIpc) is 2.33. The molecule has 5 nitrogen and oxygen atoms in total. The SMILES string of the molecule is O=C(COc1ccc(Cl)c(Cl)c1)NC12CC(C(=O)O)(C1)C2. The highest BCUT2D eigenvalue weighted by Gasteiger charge is 2.72. The van der Waals surface area contributed by atoms with E-state index in [0.29, 0.717) is 35.1 Å². The number of ether oxygens (including phenoxy) is 1. The first-order valence-corrected chi connectivity index (χ1v) is 7.22. The first-order valence-electron chi connectivity index (χ1n) is 6.47. The summed E-state index contributed by atoms with van der Waals surface area (Å²) in [4.78, 5) is 22.8. The van der Waals surface area contributed by atoms with Crippen molar-refractivity contribution < 1.29 is 19.4 Å². The average molecular weight is 330 g/mol. The van der Waals surface area contributed by atoms with Gasteiger partial charge in [-0.3, -0.25) is 9.59 Å². The molecule has 7 heteroatoms. The standard InChI is InChI=1S/C14H13Cl2NO4/c15-9-2-1-8(3-10(9)16)21-4-11(18)17-14-5-13(6-14,7-14)12(19)20/h1-3H,4-7H2,(H,17,18)(H,19,20). The van der Waals surface area contributed by atoms with E-state index < -0.39 is 11.4 Å². The van der Waals surface area contributed by atoms with E-state index in [-0.39, 0.29) is 18.1 Å². The Labute approximate surface area is 131 Å². The zero-order chi connectivity index (χ0) is 15.3. The molecule has 0 saturated heterocycles. The monoisotopic (exact) mass is 329 g/mol. The van der Waals surface area contributed by atoms with Gasteiger partial charge in [0.05, 0.1) is 15.5 Å². The maximum atomic E-state index is 11.8. The van der Waals surface area contributed by atoms with Gasteiger partial charge in [-0.1, -0.05) is 23.2 Å². The first-order chi connectivity index (χ1) is 9.84. The number of aliphatic carboxylic acids is 1. The minimum absolute atomic E-state index is 0.139. The Bertz CT molecular complexity index is 612. The predicted molar refractivity (Wildman–Crippen MR) is 76.8 cm³/mol. The number of carboxylic acids is 1. The van der Waals surface area contributed by atoms with Gasteiger partial charge in [0.2, 0.25) is 0 Å². The molecule has 1 aromatic rings. The van der Waals surface area contributed by atoms with Gasteiger partial charge in [0.25, 0.3) is 5.91 Å². The van der Waals surface area contributed by atoms with Gasteiger partial charge in [-0.2, -0.15) is 0 Å². The van der Waals surface area contributed by atoms with E-state index >= 15 is 0 Å². The number of rotatable bonds is 5. The van der Waals surface area contributed by atoms with Crippen LogP contribution in [-0.4, -0.2) is 29.1 Å². The first kappa shape index (κ1) is 14.5. The van der Waals surface area contributed by atoms with Crippen LogP contribution in [0, 0.1) is 5.41 Å². The van der Waals surface area contributed by atoms with Crippen LogP contribution in [0.5, 0.6) is 5.75 Å². The second kappa shape index (κ2) is 4.78. The Balaban J connectivity index is 1.48. The molecular weight excluding hydrogens is 317 g/mol. The number of carboxylic acid groups (broad SMARTS) is 1. The highest BCUT2D eigenvalue weighted by atomic mass is 35.5. The van der Waals surface area contributed by atoms with Gasteiger partial charge >= 0.3 is 5.97 Å². The summed E-state index contributed by atoms with van der Waals surface area (Å²) < 4.78 is 5.34. The van der Waals surface area contributed by atoms with Crippen molar-refractivity contribution in [3.63, 3.8) is 0 Å². The summed E-state index contributed by atoms with van der Waals surface area (Å²) in [7, 11) is 0. The second-order valence-corrected chi connectivity index (χ2v) is 6.62. The van der Waals surface area contributed by atoms with Crippen LogP contribution in [0.3, 0.4) is 0 Å². The number of hydrogen-bond acceptors (Lipinski definition) is 3. The van der Waals surface area contributed by atoms with E-state index in [4.69, 9.17) is 33.0 Å². The smallest absolute Gasteiger partial charge is 0.309 e. The van der Waals surface area contributed by atoms with Gasteiger partial charge in [-0.25, -0.2) is 0 Å². The zero-order valence-corrected chi connectivity index (χ0v) is 12.5. The van der Waals surface area contributed by atoms with Crippen molar-refractivity contribution in [2.75, 3.05) is 6.61 Å². The lowest BCUT2D eigenvalue weighted by Crippen LogP contribution is -2.77.